The first-order valence-corrected chi connectivity index (χ1v) is 8.17. The van der Waals surface area contributed by atoms with Gasteiger partial charge in [-0.15, -0.1) is 0 Å². The number of hydrogen-bond donors (Lipinski definition) is 0. The fraction of sp³-hybridized carbons (Fsp3) is 0.471. The minimum absolute atomic E-state index is 0.219. The maximum Gasteiger partial charge on any atom is 0.222 e. The normalized spacial score (nSPS) is 31.5. The van der Waals surface area contributed by atoms with E-state index in [0.29, 0.717) is 12.3 Å². The van der Waals surface area contributed by atoms with Crippen molar-refractivity contribution in [3.63, 3.8) is 0 Å². The van der Waals surface area contributed by atoms with Crippen molar-refractivity contribution in [2.45, 2.75) is 38.1 Å². The van der Waals surface area contributed by atoms with Crippen molar-refractivity contribution in [1.82, 2.24) is 4.90 Å². The van der Waals surface area contributed by atoms with E-state index in [-0.39, 0.29) is 11.5 Å². The van der Waals surface area contributed by atoms with E-state index in [1.807, 2.05) is 11.9 Å². The van der Waals surface area contributed by atoms with Gasteiger partial charge in [-0.2, -0.15) is 0 Å². The van der Waals surface area contributed by atoms with Gasteiger partial charge >= 0.3 is 0 Å². The van der Waals surface area contributed by atoms with Crippen molar-refractivity contribution in [3.8, 4) is 0 Å². The van der Waals surface area contributed by atoms with Gasteiger partial charge in [-0.1, -0.05) is 33.6 Å². The lowest BCUT2D eigenvalue weighted by Gasteiger charge is -2.50. The van der Waals surface area contributed by atoms with Crippen LogP contribution in [0.15, 0.2) is 28.2 Å². The van der Waals surface area contributed by atoms with E-state index >= 15 is 0 Å². The Morgan fingerprint density at radius 2 is 2.15 bits per heavy atom. The van der Waals surface area contributed by atoms with E-state index in [1.54, 1.807) is 5.57 Å². The second-order valence-corrected chi connectivity index (χ2v) is 7.28. The van der Waals surface area contributed by atoms with Gasteiger partial charge in [0.15, 0.2) is 0 Å². The van der Waals surface area contributed by atoms with E-state index in [9.17, 15) is 4.79 Å². The van der Waals surface area contributed by atoms with Crippen molar-refractivity contribution in [2.24, 2.45) is 5.41 Å². The SMILES string of the molecule is CN1C(=O)CC[C@]23CCCC2=Cc2ccc(Br)cc2[C@H]13. The highest BCUT2D eigenvalue weighted by atomic mass is 79.9. The molecule has 1 saturated heterocycles. The third-order valence-corrected chi connectivity index (χ3v) is 5.96. The zero-order valence-corrected chi connectivity index (χ0v) is 13.2. The second kappa shape index (κ2) is 4.20. The Kier molecular flexibility index (Phi) is 2.65. The summed E-state index contributed by atoms with van der Waals surface area (Å²) in [5.74, 6) is 0.291. The molecular formula is C17H18BrNO. The molecule has 2 atom stereocenters. The predicted molar refractivity (Wildman–Crippen MR) is 83.1 cm³/mol. The molecule has 0 unspecified atom stereocenters. The van der Waals surface area contributed by atoms with E-state index in [2.05, 4.69) is 40.2 Å². The second-order valence-electron chi connectivity index (χ2n) is 6.36. The summed E-state index contributed by atoms with van der Waals surface area (Å²) in [6, 6.07) is 6.73. The zero-order valence-electron chi connectivity index (χ0n) is 11.7. The Balaban J connectivity index is 1.96. The number of amides is 1. The Labute approximate surface area is 128 Å². The highest BCUT2D eigenvalue weighted by Gasteiger charge is 2.53. The molecule has 104 valence electrons. The summed E-state index contributed by atoms with van der Waals surface area (Å²) in [4.78, 5) is 14.2. The summed E-state index contributed by atoms with van der Waals surface area (Å²) in [7, 11) is 1.99. The molecule has 3 heteroatoms. The standard InChI is InChI=1S/C17H18BrNO/c1-19-15(20)6-8-17-7-2-3-12(17)9-11-4-5-13(18)10-14(11)16(17)19/h4-5,9-10,16H,2-3,6-8H2,1H3/t16-,17+/m0/s1. The van der Waals surface area contributed by atoms with Crippen LogP contribution in [-0.2, 0) is 4.79 Å². The van der Waals surface area contributed by atoms with Crippen molar-refractivity contribution < 1.29 is 4.79 Å². The number of halogens is 1. The van der Waals surface area contributed by atoms with Crippen LogP contribution in [0.25, 0.3) is 6.08 Å². The molecule has 1 aliphatic heterocycles. The topological polar surface area (TPSA) is 20.3 Å². The van der Waals surface area contributed by atoms with Crippen LogP contribution in [-0.4, -0.2) is 17.9 Å². The highest BCUT2D eigenvalue weighted by Crippen LogP contribution is 2.61. The van der Waals surface area contributed by atoms with Crippen molar-refractivity contribution >= 4 is 27.9 Å². The smallest absolute Gasteiger partial charge is 0.222 e. The zero-order chi connectivity index (χ0) is 13.9. The van der Waals surface area contributed by atoms with E-state index < -0.39 is 0 Å². The number of rotatable bonds is 0. The number of carbonyl (C=O) groups is 1. The van der Waals surface area contributed by atoms with Crippen LogP contribution in [0.2, 0.25) is 0 Å². The van der Waals surface area contributed by atoms with Crippen molar-refractivity contribution in [3.05, 3.63) is 39.4 Å². The molecular weight excluding hydrogens is 314 g/mol. The van der Waals surface area contributed by atoms with Crippen LogP contribution in [0.1, 0.15) is 49.3 Å². The van der Waals surface area contributed by atoms with Crippen LogP contribution >= 0.6 is 15.9 Å². The highest BCUT2D eigenvalue weighted by molar-refractivity contribution is 9.10. The van der Waals surface area contributed by atoms with E-state index in [1.165, 1.54) is 30.4 Å². The van der Waals surface area contributed by atoms with Crippen LogP contribution in [0.4, 0.5) is 0 Å². The molecule has 3 aliphatic rings. The molecule has 0 radical (unpaired) electrons. The lowest BCUT2D eigenvalue weighted by Crippen LogP contribution is -2.48. The van der Waals surface area contributed by atoms with Gasteiger partial charge in [0, 0.05) is 23.4 Å². The Hall–Kier alpha value is -1.09. The maximum absolute atomic E-state index is 12.2. The van der Waals surface area contributed by atoms with Gasteiger partial charge in [-0.3, -0.25) is 4.79 Å². The Morgan fingerprint density at radius 3 is 3.00 bits per heavy atom. The molecule has 0 bridgehead atoms. The summed E-state index contributed by atoms with van der Waals surface area (Å²) in [6.07, 6.45) is 7.82. The van der Waals surface area contributed by atoms with Gasteiger partial charge in [0.05, 0.1) is 6.04 Å². The molecule has 1 amide bonds. The fourth-order valence-electron chi connectivity index (χ4n) is 4.58. The molecule has 1 saturated carbocycles. The average molecular weight is 332 g/mol. The van der Waals surface area contributed by atoms with Crippen molar-refractivity contribution in [1.29, 1.82) is 0 Å². The van der Waals surface area contributed by atoms with Gasteiger partial charge in [-0.25, -0.2) is 0 Å². The van der Waals surface area contributed by atoms with Crippen LogP contribution in [0.3, 0.4) is 0 Å². The molecule has 1 heterocycles. The van der Waals surface area contributed by atoms with Crippen LogP contribution in [0.5, 0.6) is 0 Å². The van der Waals surface area contributed by atoms with Gasteiger partial charge in [0.1, 0.15) is 0 Å². The monoisotopic (exact) mass is 331 g/mol. The molecule has 1 aromatic carbocycles. The third kappa shape index (κ3) is 1.53. The number of fused-ring (bicyclic) bond motifs is 2. The number of likely N-dealkylation sites (tertiary alicyclic amines) is 1. The number of nitrogens with zero attached hydrogens (tertiary/aromatic N) is 1. The Morgan fingerprint density at radius 1 is 1.30 bits per heavy atom. The quantitative estimate of drug-likeness (QED) is 0.693. The minimum atomic E-state index is 0.219. The molecule has 2 fully saturated rings. The number of piperidine rings is 1. The molecule has 20 heavy (non-hydrogen) atoms. The van der Waals surface area contributed by atoms with Crippen LogP contribution in [0, 0.1) is 5.41 Å². The number of benzene rings is 1. The first-order chi connectivity index (χ1) is 9.62. The average Bonchev–Trinajstić information content (AvgIpc) is 2.83. The summed E-state index contributed by atoms with van der Waals surface area (Å²) >= 11 is 3.59. The molecule has 2 nitrogen and oxygen atoms in total. The van der Waals surface area contributed by atoms with Gasteiger partial charge in [0.2, 0.25) is 5.91 Å². The maximum atomic E-state index is 12.2. The largest absolute Gasteiger partial charge is 0.338 e. The summed E-state index contributed by atoms with van der Waals surface area (Å²) in [5.41, 5.74) is 4.42. The molecule has 2 aliphatic carbocycles. The molecule has 0 N–H and O–H groups in total. The lowest BCUT2D eigenvalue weighted by molar-refractivity contribution is -0.139. The van der Waals surface area contributed by atoms with Gasteiger partial charge < -0.3 is 4.90 Å². The molecule has 0 aromatic heterocycles. The lowest BCUT2D eigenvalue weighted by atomic mass is 9.63. The van der Waals surface area contributed by atoms with E-state index in [0.717, 1.165) is 10.9 Å². The number of hydrogen-bond acceptors (Lipinski definition) is 1. The fourth-order valence-corrected chi connectivity index (χ4v) is 4.96. The van der Waals surface area contributed by atoms with Gasteiger partial charge in [0.25, 0.3) is 0 Å². The minimum Gasteiger partial charge on any atom is -0.338 e. The van der Waals surface area contributed by atoms with Crippen LogP contribution < -0.4 is 0 Å². The number of carbonyl (C=O) groups excluding carboxylic acids is 1. The molecule has 1 spiro atoms. The molecule has 1 aromatic rings. The first kappa shape index (κ1) is 12.6. The third-order valence-electron chi connectivity index (χ3n) is 5.47. The van der Waals surface area contributed by atoms with Crippen molar-refractivity contribution in [2.75, 3.05) is 7.05 Å². The summed E-state index contributed by atoms with van der Waals surface area (Å²) < 4.78 is 1.10. The summed E-state index contributed by atoms with van der Waals surface area (Å²) in [6.45, 7) is 0. The first-order valence-electron chi connectivity index (χ1n) is 7.38. The Bertz CT molecular complexity index is 636. The van der Waals surface area contributed by atoms with E-state index in [4.69, 9.17) is 0 Å². The summed E-state index contributed by atoms with van der Waals surface area (Å²) in [5, 5.41) is 0. The van der Waals surface area contributed by atoms with Gasteiger partial charge in [-0.05, 0) is 48.9 Å². The molecule has 4 rings (SSSR count). The predicted octanol–water partition coefficient (Wildman–Crippen LogP) is 4.31.